The van der Waals surface area contributed by atoms with Crippen LogP contribution >= 0.6 is 0 Å². The Labute approximate surface area is 80.2 Å². The van der Waals surface area contributed by atoms with Crippen molar-refractivity contribution in [2.45, 2.75) is 26.7 Å². The zero-order valence-corrected chi connectivity index (χ0v) is 8.51. The highest BCUT2D eigenvalue weighted by atomic mass is 16.5. The molecule has 0 aliphatic carbocycles. The summed E-state index contributed by atoms with van der Waals surface area (Å²) in [5, 5.41) is 2.75. The topological polar surface area (TPSA) is 38.3 Å². The maximum Gasteiger partial charge on any atom is 0.243 e. The van der Waals surface area contributed by atoms with Crippen LogP contribution < -0.4 is 5.32 Å². The molecule has 0 aromatic rings. The first-order chi connectivity index (χ1) is 6.31. The molecule has 13 heavy (non-hydrogen) atoms. The van der Waals surface area contributed by atoms with Crippen molar-refractivity contribution in [2.75, 3.05) is 19.8 Å². The second kappa shape index (κ2) is 9.26. The van der Waals surface area contributed by atoms with Gasteiger partial charge in [0, 0.05) is 19.8 Å². The van der Waals surface area contributed by atoms with Gasteiger partial charge in [0.1, 0.15) is 0 Å². The molecule has 0 bridgehead atoms. The predicted molar refractivity (Wildman–Crippen MR) is 53.6 cm³/mol. The Morgan fingerprint density at radius 1 is 1.46 bits per heavy atom. The van der Waals surface area contributed by atoms with Gasteiger partial charge in [-0.25, -0.2) is 0 Å². The number of carbonyl (C=O) groups excluding carboxylic acids is 1. The Hall–Kier alpha value is -0.830. The average Bonchev–Trinajstić information content (AvgIpc) is 2.11. The molecular weight excluding hydrogens is 166 g/mol. The third-order valence-electron chi connectivity index (χ3n) is 1.43. The third kappa shape index (κ3) is 9.08. The standard InChI is InChI=1S/C10H19NO2/c1-3-6-10(12)11-7-5-9-13-8-4-2/h3,6H,4-5,7-9H2,1-2H3,(H,11,12)/b6-3+. The lowest BCUT2D eigenvalue weighted by atomic mass is 10.4. The quantitative estimate of drug-likeness (QED) is 0.482. The van der Waals surface area contributed by atoms with Gasteiger partial charge in [-0.05, 0) is 25.8 Å². The number of hydrogen-bond donors (Lipinski definition) is 1. The van der Waals surface area contributed by atoms with E-state index in [1.165, 1.54) is 6.08 Å². The highest BCUT2D eigenvalue weighted by molar-refractivity contribution is 5.87. The number of allylic oxidation sites excluding steroid dienone is 1. The fraction of sp³-hybridized carbons (Fsp3) is 0.700. The number of rotatable bonds is 7. The highest BCUT2D eigenvalue weighted by Crippen LogP contribution is 1.84. The molecule has 0 aliphatic rings. The van der Waals surface area contributed by atoms with Crippen LogP contribution in [0, 0.1) is 0 Å². The summed E-state index contributed by atoms with van der Waals surface area (Å²) in [6.45, 7) is 6.12. The molecule has 0 fully saturated rings. The lowest BCUT2D eigenvalue weighted by molar-refractivity contribution is -0.116. The molecule has 0 aliphatic heterocycles. The largest absolute Gasteiger partial charge is 0.381 e. The van der Waals surface area contributed by atoms with Gasteiger partial charge < -0.3 is 10.1 Å². The minimum atomic E-state index is -0.0296. The second-order valence-corrected chi connectivity index (χ2v) is 2.76. The Morgan fingerprint density at radius 3 is 2.85 bits per heavy atom. The van der Waals surface area contributed by atoms with Crippen LogP contribution in [0.4, 0.5) is 0 Å². The fourth-order valence-corrected chi connectivity index (χ4v) is 0.843. The Bertz CT molecular complexity index is 155. The zero-order valence-electron chi connectivity index (χ0n) is 8.51. The average molecular weight is 185 g/mol. The first-order valence-corrected chi connectivity index (χ1v) is 4.79. The number of amides is 1. The molecule has 3 heteroatoms. The van der Waals surface area contributed by atoms with Crippen LogP contribution in [0.25, 0.3) is 0 Å². The van der Waals surface area contributed by atoms with Crippen molar-refractivity contribution in [1.29, 1.82) is 0 Å². The molecule has 0 heterocycles. The van der Waals surface area contributed by atoms with Gasteiger partial charge in [-0.1, -0.05) is 13.0 Å². The minimum Gasteiger partial charge on any atom is -0.381 e. The Morgan fingerprint density at radius 2 is 2.23 bits per heavy atom. The lowest BCUT2D eigenvalue weighted by Gasteiger charge is -2.02. The smallest absolute Gasteiger partial charge is 0.243 e. The van der Waals surface area contributed by atoms with Crippen molar-refractivity contribution >= 4 is 5.91 Å². The summed E-state index contributed by atoms with van der Waals surface area (Å²) in [6, 6.07) is 0. The summed E-state index contributed by atoms with van der Waals surface area (Å²) >= 11 is 0. The third-order valence-corrected chi connectivity index (χ3v) is 1.43. The summed E-state index contributed by atoms with van der Waals surface area (Å²) < 4.78 is 5.26. The molecular formula is C10H19NO2. The summed E-state index contributed by atoms with van der Waals surface area (Å²) in [7, 11) is 0. The monoisotopic (exact) mass is 185 g/mol. The summed E-state index contributed by atoms with van der Waals surface area (Å²) in [6.07, 6.45) is 5.17. The van der Waals surface area contributed by atoms with Gasteiger partial charge in [0.05, 0.1) is 0 Å². The maximum atomic E-state index is 10.9. The second-order valence-electron chi connectivity index (χ2n) is 2.76. The molecule has 3 nitrogen and oxygen atoms in total. The normalized spacial score (nSPS) is 10.6. The van der Waals surface area contributed by atoms with E-state index in [1.54, 1.807) is 6.08 Å². The van der Waals surface area contributed by atoms with Crippen molar-refractivity contribution < 1.29 is 9.53 Å². The van der Waals surface area contributed by atoms with Gasteiger partial charge in [-0.3, -0.25) is 4.79 Å². The lowest BCUT2D eigenvalue weighted by Crippen LogP contribution is -2.23. The van der Waals surface area contributed by atoms with Crippen LogP contribution in [-0.4, -0.2) is 25.7 Å². The van der Waals surface area contributed by atoms with Gasteiger partial charge in [-0.2, -0.15) is 0 Å². The molecule has 0 unspecified atom stereocenters. The van der Waals surface area contributed by atoms with E-state index in [0.29, 0.717) is 6.54 Å². The summed E-state index contributed by atoms with van der Waals surface area (Å²) in [5.74, 6) is -0.0296. The van der Waals surface area contributed by atoms with Crippen LogP contribution in [0.5, 0.6) is 0 Å². The molecule has 1 N–H and O–H groups in total. The van der Waals surface area contributed by atoms with Gasteiger partial charge in [0.15, 0.2) is 0 Å². The first-order valence-electron chi connectivity index (χ1n) is 4.79. The van der Waals surface area contributed by atoms with Crippen LogP contribution in [0.1, 0.15) is 26.7 Å². The van der Waals surface area contributed by atoms with Crippen molar-refractivity contribution in [3.63, 3.8) is 0 Å². The molecule has 0 saturated carbocycles. The molecule has 0 rings (SSSR count). The highest BCUT2D eigenvalue weighted by Gasteiger charge is 1.92. The van der Waals surface area contributed by atoms with E-state index >= 15 is 0 Å². The van der Waals surface area contributed by atoms with Gasteiger partial charge in [-0.15, -0.1) is 0 Å². The molecule has 0 radical (unpaired) electrons. The van der Waals surface area contributed by atoms with Gasteiger partial charge in [0.2, 0.25) is 5.91 Å². The van der Waals surface area contributed by atoms with E-state index in [2.05, 4.69) is 12.2 Å². The van der Waals surface area contributed by atoms with Gasteiger partial charge >= 0.3 is 0 Å². The van der Waals surface area contributed by atoms with Crippen LogP contribution in [0.2, 0.25) is 0 Å². The first kappa shape index (κ1) is 12.2. The molecule has 0 atom stereocenters. The van der Waals surface area contributed by atoms with Crippen LogP contribution in [0.3, 0.4) is 0 Å². The summed E-state index contributed by atoms with van der Waals surface area (Å²) in [4.78, 5) is 10.9. The van der Waals surface area contributed by atoms with E-state index in [0.717, 1.165) is 26.1 Å². The van der Waals surface area contributed by atoms with E-state index in [4.69, 9.17) is 4.74 Å². The van der Waals surface area contributed by atoms with Crippen LogP contribution in [0.15, 0.2) is 12.2 Å². The molecule has 1 amide bonds. The van der Waals surface area contributed by atoms with E-state index < -0.39 is 0 Å². The van der Waals surface area contributed by atoms with Gasteiger partial charge in [0.25, 0.3) is 0 Å². The van der Waals surface area contributed by atoms with Crippen molar-refractivity contribution in [1.82, 2.24) is 5.32 Å². The molecule has 76 valence electrons. The van der Waals surface area contributed by atoms with E-state index in [-0.39, 0.29) is 5.91 Å². The van der Waals surface area contributed by atoms with Crippen molar-refractivity contribution in [3.05, 3.63) is 12.2 Å². The van der Waals surface area contributed by atoms with Crippen LogP contribution in [-0.2, 0) is 9.53 Å². The number of ether oxygens (including phenoxy) is 1. The minimum absolute atomic E-state index is 0.0296. The molecule has 0 aromatic carbocycles. The Balaban J connectivity index is 3.11. The molecule has 0 aromatic heterocycles. The fourth-order valence-electron chi connectivity index (χ4n) is 0.843. The predicted octanol–water partition coefficient (Wildman–Crippen LogP) is 1.50. The maximum absolute atomic E-state index is 10.9. The SMILES string of the molecule is C/C=C/C(=O)NCCCOCCC. The number of carbonyl (C=O) groups is 1. The van der Waals surface area contributed by atoms with E-state index in [1.807, 2.05) is 6.92 Å². The Kier molecular flexibility index (Phi) is 8.67. The van der Waals surface area contributed by atoms with Crippen molar-refractivity contribution in [3.8, 4) is 0 Å². The number of nitrogens with one attached hydrogen (secondary N) is 1. The number of hydrogen-bond acceptors (Lipinski definition) is 2. The summed E-state index contributed by atoms with van der Waals surface area (Å²) in [5.41, 5.74) is 0. The van der Waals surface area contributed by atoms with E-state index in [9.17, 15) is 4.79 Å². The molecule has 0 spiro atoms. The molecule has 0 saturated heterocycles. The zero-order chi connectivity index (χ0) is 9.94. The van der Waals surface area contributed by atoms with Crippen molar-refractivity contribution in [2.24, 2.45) is 0 Å².